The van der Waals surface area contributed by atoms with E-state index in [9.17, 15) is 0 Å². The number of aromatic nitrogens is 6. The van der Waals surface area contributed by atoms with Gasteiger partial charge in [-0.25, -0.2) is 15.0 Å². The first-order valence-electron chi connectivity index (χ1n) is 21.3. The second kappa shape index (κ2) is 14.0. The SMILES string of the molecule is c1ccc(-c2nc(-c3ccccc3)nc(-c3ccc(-n4c5ccc(-n6c7ccccc7c7ccccc76)cc5c5cc(-n6c7ccccc7c7ccccc76)ccc54)cc3)n2)cc1. The van der Waals surface area contributed by atoms with E-state index >= 15 is 0 Å². The Morgan fingerprint density at radius 3 is 0.889 bits per heavy atom. The standard InChI is InChI=1S/C57H36N6/c1-3-15-37(16-4-1)55-58-56(38-17-5-2-6-18-38)60-57(59-55)39-27-29-40(30-28-39)61-53-33-31-41(62-49-23-11-7-19-43(49)44-20-8-12-24-50(44)62)35-47(53)48-36-42(32-34-54(48)61)63-51-25-13-9-21-45(51)46-22-10-14-26-52(46)63/h1-36H. The molecule has 0 bridgehead atoms. The van der Waals surface area contributed by atoms with Crippen molar-refractivity contribution in [1.82, 2.24) is 28.7 Å². The second-order valence-corrected chi connectivity index (χ2v) is 16.1. The van der Waals surface area contributed by atoms with E-state index in [1.165, 1.54) is 54.4 Å². The van der Waals surface area contributed by atoms with Gasteiger partial charge in [0.1, 0.15) is 0 Å². The number of rotatable bonds is 6. The third-order valence-electron chi connectivity index (χ3n) is 12.5. The molecular formula is C57H36N6. The van der Waals surface area contributed by atoms with E-state index in [0.29, 0.717) is 17.5 Å². The summed E-state index contributed by atoms with van der Waals surface area (Å²) in [7, 11) is 0. The van der Waals surface area contributed by atoms with Crippen molar-refractivity contribution in [2.75, 3.05) is 0 Å². The summed E-state index contributed by atoms with van der Waals surface area (Å²) < 4.78 is 7.19. The van der Waals surface area contributed by atoms with Gasteiger partial charge in [0.2, 0.25) is 0 Å². The highest BCUT2D eigenvalue weighted by molar-refractivity contribution is 6.14. The maximum atomic E-state index is 5.01. The van der Waals surface area contributed by atoms with Crippen LogP contribution in [0.4, 0.5) is 0 Å². The Bertz CT molecular complexity index is 3560. The molecule has 0 saturated carbocycles. The van der Waals surface area contributed by atoms with E-state index in [1.54, 1.807) is 0 Å². The van der Waals surface area contributed by atoms with Gasteiger partial charge in [0.05, 0.1) is 33.1 Å². The van der Waals surface area contributed by atoms with Crippen molar-refractivity contribution in [3.8, 4) is 51.2 Å². The molecule has 0 unspecified atom stereocenters. The molecule has 0 spiro atoms. The van der Waals surface area contributed by atoms with Crippen molar-refractivity contribution in [2.45, 2.75) is 0 Å². The van der Waals surface area contributed by atoms with Gasteiger partial charge in [0.15, 0.2) is 17.5 Å². The molecular weight excluding hydrogens is 769 g/mol. The quantitative estimate of drug-likeness (QED) is 0.168. The summed E-state index contributed by atoms with van der Waals surface area (Å²) in [6.07, 6.45) is 0. The minimum Gasteiger partial charge on any atom is -0.309 e. The molecule has 0 N–H and O–H groups in total. The van der Waals surface area contributed by atoms with Gasteiger partial charge in [-0.1, -0.05) is 133 Å². The number of nitrogens with zero attached hydrogens (tertiary/aromatic N) is 6. The van der Waals surface area contributed by atoms with Crippen LogP contribution in [-0.2, 0) is 0 Å². The first-order chi connectivity index (χ1) is 31.2. The smallest absolute Gasteiger partial charge is 0.164 e. The van der Waals surface area contributed by atoms with E-state index in [2.05, 4.69) is 171 Å². The van der Waals surface area contributed by atoms with Crippen LogP contribution in [0.25, 0.3) is 117 Å². The third kappa shape index (κ3) is 5.55. The number of para-hydroxylation sites is 4. The Hall–Kier alpha value is -8.61. The Kier molecular flexibility index (Phi) is 7.80. The van der Waals surface area contributed by atoms with Crippen molar-refractivity contribution in [3.63, 3.8) is 0 Å². The zero-order valence-electron chi connectivity index (χ0n) is 34.0. The Balaban J connectivity index is 1.02. The van der Waals surface area contributed by atoms with E-state index in [1.807, 2.05) is 60.7 Å². The largest absolute Gasteiger partial charge is 0.309 e. The number of hydrogen-bond acceptors (Lipinski definition) is 3. The highest BCUT2D eigenvalue weighted by Crippen LogP contribution is 2.40. The summed E-state index contributed by atoms with van der Waals surface area (Å²) >= 11 is 0. The fourth-order valence-corrected chi connectivity index (χ4v) is 9.65. The van der Waals surface area contributed by atoms with Crippen LogP contribution < -0.4 is 0 Å². The Labute approximate surface area is 362 Å². The van der Waals surface area contributed by atoms with Crippen molar-refractivity contribution in [1.29, 1.82) is 0 Å². The maximum Gasteiger partial charge on any atom is 0.164 e. The lowest BCUT2D eigenvalue weighted by Gasteiger charge is -2.12. The fourth-order valence-electron chi connectivity index (χ4n) is 9.65. The summed E-state index contributed by atoms with van der Waals surface area (Å²) in [5.74, 6) is 1.91. The zero-order valence-corrected chi connectivity index (χ0v) is 34.0. The molecule has 6 nitrogen and oxygen atoms in total. The molecule has 4 heterocycles. The van der Waals surface area contributed by atoms with E-state index in [-0.39, 0.29) is 0 Å². The Morgan fingerprint density at radius 2 is 0.508 bits per heavy atom. The molecule has 9 aromatic carbocycles. The lowest BCUT2D eigenvalue weighted by Crippen LogP contribution is -2.00. The first-order valence-corrected chi connectivity index (χ1v) is 21.3. The summed E-state index contributed by atoms with van der Waals surface area (Å²) in [5, 5.41) is 7.33. The number of benzene rings is 9. The fraction of sp³-hybridized carbons (Fsp3) is 0. The summed E-state index contributed by atoms with van der Waals surface area (Å²) in [6, 6.07) is 77.5. The van der Waals surface area contributed by atoms with Crippen LogP contribution in [0.2, 0.25) is 0 Å². The average molecular weight is 805 g/mol. The molecule has 63 heavy (non-hydrogen) atoms. The molecule has 6 heteroatoms. The predicted octanol–water partition coefficient (Wildman–Crippen LogP) is 14.2. The average Bonchev–Trinajstić information content (AvgIpc) is 4.00. The lowest BCUT2D eigenvalue weighted by atomic mass is 10.1. The maximum absolute atomic E-state index is 5.01. The number of hydrogen-bond donors (Lipinski definition) is 0. The van der Waals surface area contributed by atoms with E-state index in [0.717, 1.165) is 44.8 Å². The summed E-state index contributed by atoms with van der Waals surface area (Å²) in [4.78, 5) is 14.9. The second-order valence-electron chi connectivity index (χ2n) is 16.1. The van der Waals surface area contributed by atoms with Crippen LogP contribution in [0.5, 0.6) is 0 Å². The van der Waals surface area contributed by atoms with Gasteiger partial charge in [0, 0.05) is 66.1 Å². The van der Waals surface area contributed by atoms with Crippen LogP contribution in [0.3, 0.4) is 0 Å². The summed E-state index contributed by atoms with van der Waals surface area (Å²) in [5.41, 5.74) is 13.1. The highest BCUT2D eigenvalue weighted by atomic mass is 15.0. The third-order valence-corrected chi connectivity index (χ3v) is 12.5. The molecule has 13 rings (SSSR count). The van der Waals surface area contributed by atoms with Gasteiger partial charge in [-0.05, 0) is 84.9 Å². The molecule has 0 atom stereocenters. The molecule has 294 valence electrons. The minimum atomic E-state index is 0.628. The van der Waals surface area contributed by atoms with Gasteiger partial charge >= 0.3 is 0 Å². The predicted molar refractivity (Wildman–Crippen MR) is 259 cm³/mol. The number of fused-ring (bicyclic) bond motifs is 9. The molecule has 0 saturated heterocycles. The lowest BCUT2D eigenvalue weighted by molar-refractivity contribution is 1.07. The normalized spacial score (nSPS) is 11.8. The topological polar surface area (TPSA) is 53.5 Å². The van der Waals surface area contributed by atoms with Crippen LogP contribution in [0, 0.1) is 0 Å². The highest BCUT2D eigenvalue weighted by Gasteiger charge is 2.20. The molecule has 0 fully saturated rings. The van der Waals surface area contributed by atoms with Crippen molar-refractivity contribution < 1.29 is 0 Å². The van der Waals surface area contributed by atoms with Crippen LogP contribution in [0.1, 0.15) is 0 Å². The molecule has 0 radical (unpaired) electrons. The first kappa shape index (κ1) is 35.2. The zero-order chi connectivity index (χ0) is 41.4. The van der Waals surface area contributed by atoms with Gasteiger partial charge in [0.25, 0.3) is 0 Å². The van der Waals surface area contributed by atoms with Crippen molar-refractivity contribution in [3.05, 3.63) is 218 Å². The molecule has 0 aliphatic carbocycles. The van der Waals surface area contributed by atoms with Crippen molar-refractivity contribution >= 4 is 65.4 Å². The van der Waals surface area contributed by atoms with Crippen LogP contribution >= 0.6 is 0 Å². The van der Waals surface area contributed by atoms with Gasteiger partial charge in [-0.3, -0.25) is 0 Å². The van der Waals surface area contributed by atoms with Crippen LogP contribution in [-0.4, -0.2) is 28.7 Å². The van der Waals surface area contributed by atoms with Crippen LogP contribution in [0.15, 0.2) is 218 Å². The molecule has 0 amide bonds. The summed E-state index contributed by atoms with van der Waals surface area (Å²) in [6.45, 7) is 0. The molecule has 13 aromatic rings. The van der Waals surface area contributed by atoms with Gasteiger partial charge in [-0.15, -0.1) is 0 Å². The molecule has 0 aliphatic rings. The Morgan fingerprint density at radius 1 is 0.222 bits per heavy atom. The van der Waals surface area contributed by atoms with Crippen molar-refractivity contribution in [2.24, 2.45) is 0 Å². The van der Waals surface area contributed by atoms with Gasteiger partial charge in [-0.2, -0.15) is 0 Å². The minimum absolute atomic E-state index is 0.628. The van der Waals surface area contributed by atoms with E-state index < -0.39 is 0 Å². The van der Waals surface area contributed by atoms with Gasteiger partial charge < -0.3 is 13.7 Å². The van der Waals surface area contributed by atoms with E-state index in [4.69, 9.17) is 15.0 Å². The molecule has 4 aromatic heterocycles. The molecule has 0 aliphatic heterocycles. The monoisotopic (exact) mass is 804 g/mol.